The number of alkyl halides is 10. The summed E-state index contributed by atoms with van der Waals surface area (Å²) in [7, 11) is 14.6. The summed E-state index contributed by atoms with van der Waals surface area (Å²) in [5.41, 5.74) is -0.858. The number of aromatic nitrogens is 6. The Balaban J connectivity index is 0.000000162. The highest BCUT2D eigenvalue weighted by atomic mass is 35.5. The monoisotopic (exact) mass is 1780 g/mol. The highest BCUT2D eigenvalue weighted by Crippen LogP contribution is 2.46. The summed E-state index contributed by atoms with van der Waals surface area (Å²) in [6, 6.07) is 22.6. The highest BCUT2D eigenvalue weighted by molar-refractivity contribution is 6.34. The van der Waals surface area contributed by atoms with Crippen molar-refractivity contribution >= 4 is 82.0 Å². The molecule has 6 N–H and O–H groups in total. The summed E-state index contributed by atoms with van der Waals surface area (Å²) in [6.07, 6.45) is -10.5. The number of ether oxygens (including phenoxy) is 6. The molecule has 0 saturated carbocycles. The fourth-order valence-electron chi connectivity index (χ4n) is 14.7. The van der Waals surface area contributed by atoms with Gasteiger partial charge >= 0.3 is 18.5 Å². The minimum absolute atomic E-state index is 0.00840. The normalized spacial score (nSPS) is 16.9. The molecule has 30 nitrogen and oxygen atoms in total. The van der Waals surface area contributed by atoms with Crippen LogP contribution < -0.4 is 60.3 Å². The number of rotatable bonds is 21. The van der Waals surface area contributed by atoms with Crippen molar-refractivity contribution in [2.75, 3.05) is 119 Å². The standard InChI is InChI=1S/C28H28ClF3N6O4.2C28H28F4N6O4/c2*1-37-9-7-16(8-10-37)34-24(39)17-11-22(41-3)20(12-19(17)29)35-27-33-13-18(28(30,31)32)25(36-27)42-21-6-4-5-15-14-38(2)26(40)23(15)21;1-37-10-9-19(18(29)14-37)34-24(39)15-7-8-20(22(11-15)41-3)35-27-33-12-17(28(30,31)32)25(36-27)42-21-6-4-5-16-13-38(2)26(40)23(16)21/h2*4-6,11-13,16H,7-10,14H2,1-3H3,(H,34,39)(H,33,35,36);4-8,11-12,18-19H,9-10,13-14H2,1-3H3,(H,34,39)(H,33,35,36)/t;;18-,19+/m..1/s1. The predicted molar refractivity (Wildman–Crippen MR) is 436 cm³/mol. The number of halogens is 12. The molecule has 3 aromatic heterocycles. The largest absolute Gasteiger partial charge is 0.495 e. The predicted octanol–water partition coefficient (Wildman–Crippen LogP) is 14.1. The second-order valence-corrected chi connectivity index (χ2v) is 30.9. The van der Waals surface area contributed by atoms with Crippen LogP contribution in [0.5, 0.6) is 52.1 Å². The van der Waals surface area contributed by atoms with Crippen LogP contribution in [-0.2, 0) is 38.2 Å². The van der Waals surface area contributed by atoms with E-state index < -0.39 is 88.6 Å². The summed E-state index contributed by atoms with van der Waals surface area (Å²) < 4.78 is 187. The number of nitrogens with one attached hydrogen (secondary N) is 6. The fraction of sp³-hybridized carbons (Fsp3) is 0.357. The first-order chi connectivity index (χ1) is 59.8. The average molecular weight is 1780 g/mol. The van der Waals surface area contributed by atoms with Gasteiger partial charge in [0.05, 0.1) is 77.3 Å². The zero-order chi connectivity index (χ0) is 90.5. The van der Waals surface area contributed by atoms with Gasteiger partial charge in [0.1, 0.15) is 63.2 Å². The van der Waals surface area contributed by atoms with Gasteiger partial charge in [0, 0.05) is 96.2 Å². The zero-order valence-corrected chi connectivity index (χ0v) is 69.7. The third-order valence-electron chi connectivity index (χ3n) is 21.5. The first-order valence-corrected chi connectivity index (χ1v) is 39.6. The third-order valence-corrected chi connectivity index (χ3v) is 21.8. The van der Waals surface area contributed by atoms with E-state index in [0.717, 1.165) is 57.9 Å². The molecule has 3 fully saturated rings. The van der Waals surface area contributed by atoms with Crippen molar-refractivity contribution in [1.29, 1.82) is 0 Å². The lowest BCUT2D eigenvalue weighted by Crippen LogP contribution is -2.51. The molecule has 42 heteroatoms. The second kappa shape index (κ2) is 37.8. The Morgan fingerprint density at radius 2 is 0.802 bits per heavy atom. The molecule has 666 valence electrons. The number of piperidine rings is 3. The Labute approximate surface area is 718 Å². The van der Waals surface area contributed by atoms with Crippen LogP contribution in [0.1, 0.15) is 128 Å². The maximum absolute atomic E-state index is 15.1. The summed E-state index contributed by atoms with van der Waals surface area (Å²) >= 11 is 6.45. The minimum Gasteiger partial charge on any atom is -0.495 e. The number of amides is 6. The van der Waals surface area contributed by atoms with Crippen LogP contribution in [0.3, 0.4) is 0 Å². The van der Waals surface area contributed by atoms with Crippen molar-refractivity contribution in [3.63, 3.8) is 0 Å². The number of likely N-dealkylation sites (tertiary alicyclic amines) is 3. The van der Waals surface area contributed by atoms with Crippen LogP contribution >= 0.6 is 11.6 Å². The molecular weight excluding hydrogens is 1700 g/mol. The molecule has 15 rings (SSSR count). The minimum atomic E-state index is -4.88. The van der Waals surface area contributed by atoms with Crippen molar-refractivity contribution < 1.29 is 105 Å². The number of anilines is 6. The van der Waals surface area contributed by atoms with Crippen molar-refractivity contribution in [3.05, 3.63) is 193 Å². The Kier molecular flexibility index (Phi) is 27.2. The molecule has 9 heterocycles. The van der Waals surface area contributed by atoms with Gasteiger partial charge in [-0.1, -0.05) is 48.0 Å². The van der Waals surface area contributed by atoms with Crippen LogP contribution in [0.4, 0.5) is 83.2 Å². The average Bonchev–Trinajstić information content (AvgIpc) is 1.67. The quantitative estimate of drug-likeness (QED) is 0.0364. The van der Waals surface area contributed by atoms with E-state index in [4.69, 9.17) is 40.0 Å². The molecule has 6 aliphatic heterocycles. The van der Waals surface area contributed by atoms with Crippen LogP contribution in [-0.4, -0.2) is 222 Å². The first kappa shape index (κ1) is 90.7. The Hall–Kier alpha value is -13.0. The summed E-state index contributed by atoms with van der Waals surface area (Å²) in [4.78, 5) is 110. The number of hydrogen-bond donors (Lipinski definition) is 6. The molecular formula is C84H84ClF11N18O12. The Morgan fingerprint density at radius 3 is 1.19 bits per heavy atom. The molecule has 0 radical (unpaired) electrons. The summed E-state index contributed by atoms with van der Waals surface area (Å²) in [5.74, 6) is -6.66. The molecule has 6 aromatic carbocycles. The highest BCUT2D eigenvalue weighted by Gasteiger charge is 2.42. The molecule has 0 spiro atoms. The number of methoxy groups -OCH3 is 3. The molecule has 9 aromatic rings. The fourth-order valence-corrected chi connectivity index (χ4v) is 14.9. The number of carbonyl (C=O) groups is 6. The summed E-state index contributed by atoms with van der Waals surface area (Å²) in [5, 5.41) is 16.9. The second-order valence-electron chi connectivity index (χ2n) is 30.5. The van der Waals surface area contributed by atoms with Crippen LogP contribution in [0, 0.1) is 5.82 Å². The maximum Gasteiger partial charge on any atom is 0.423 e. The van der Waals surface area contributed by atoms with Crippen molar-refractivity contribution in [3.8, 4) is 52.1 Å². The molecule has 0 unspecified atom stereocenters. The number of benzene rings is 6. The maximum atomic E-state index is 15.1. The van der Waals surface area contributed by atoms with E-state index in [1.165, 1.54) is 90.6 Å². The van der Waals surface area contributed by atoms with Gasteiger partial charge in [-0.25, -0.2) is 23.7 Å². The number of hydrogen-bond acceptors (Lipinski definition) is 24. The Bertz CT molecular complexity index is 5420. The molecule has 0 aliphatic carbocycles. The lowest BCUT2D eigenvalue weighted by atomic mass is 10.0. The molecule has 0 bridgehead atoms. The number of fused-ring (bicyclic) bond motifs is 3. The molecule has 126 heavy (non-hydrogen) atoms. The van der Waals surface area contributed by atoms with Crippen LogP contribution in [0.15, 0.2) is 116 Å². The lowest BCUT2D eigenvalue weighted by Gasteiger charge is -2.32. The first-order valence-electron chi connectivity index (χ1n) is 39.2. The third kappa shape index (κ3) is 20.8. The van der Waals surface area contributed by atoms with Gasteiger partial charge in [-0.3, -0.25) is 28.8 Å². The molecule has 2 atom stereocenters. The van der Waals surface area contributed by atoms with Gasteiger partial charge < -0.3 is 89.7 Å². The SMILES string of the molecule is COc1cc(C(=O)NC2CCN(C)CC2)c(Cl)cc1Nc1ncc(C(F)(F)F)c(Oc2cccc3c2C(=O)N(C)C3)n1.COc1cc(C(=O)NC2CCN(C)CC2)c(F)cc1Nc1ncc(C(F)(F)F)c(Oc2cccc3c2C(=O)N(C)C3)n1.COc1cc(C(=O)N[C@H]2CCN(C)C[C@H]2F)ccc1Nc1ncc(C(F)(F)F)c(Oc2cccc3c2C(=O)N(C)C3)n1. The van der Waals surface area contributed by atoms with Gasteiger partial charge in [0.2, 0.25) is 35.5 Å². The topological polar surface area (TPSA) is 327 Å². The van der Waals surface area contributed by atoms with Gasteiger partial charge in [-0.2, -0.15) is 54.5 Å². The smallest absolute Gasteiger partial charge is 0.423 e. The Morgan fingerprint density at radius 1 is 0.437 bits per heavy atom. The number of nitrogens with zero attached hydrogens (tertiary/aromatic N) is 12. The van der Waals surface area contributed by atoms with Crippen LogP contribution in [0.25, 0.3) is 0 Å². The molecule has 3 saturated heterocycles. The van der Waals surface area contributed by atoms with E-state index in [2.05, 4.69) is 71.6 Å². The molecule has 6 aliphatic rings. The summed E-state index contributed by atoms with van der Waals surface area (Å²) in [6.45, 7) is 5.09. The van der Waals surface area contributed by atoms with E-state index >= 15 is 4.39 Å². The van der Waals surface area contributed by atoms with E-state index in [-0.39, 0.29) is 151 Å². The van der Waals surface area contributed by atoms with Crippen molar-refractivity contribution in [2.45, 2.75) is 94.6 Å². The van der Waals surface area contributed by atoms with Gasteiger partial charge in [0.15, 0.2) is 0 Å². The van der Waals surface area contributed by atoms with E-state index in [1.807, 2.05) is 26.0 Å². The van der Waals surface area contributed by atoms with Gasteiger partial charge in [0.25, 0.3) is 35.4 Å². The van der Waals surface area contributed by atoms with Crippen molar-refractivity contribution in [2.24, 2.45) is 0 Å². The molecule has 6 amide bonds. The van der Waals surface area contributed by atoms with Gasteiger partial charge in [-0.15, -0.1) is 0 Å². The van der Waals surface area contributed by atoms with E-state index in [1.54, 1.807) is 57.5 Å². The van der Waals surface area contributed by atoms with Crippen LogP contribution in [0.2, 0.25) is 5.02 Å². The van der Waals surface area contributed by atoms with E-state index in [0.29, 0.717) is 61.3 Å². The zero-order valence-electron chi connectivity index (χ0n) is 69.0. The number of carbonyl (C=O) groups excluding carboxylic acids is 6. The van der Waals surface area contributed by atoms with Gasteiger partial charge in [-0.05, 0) is 151 Å². The van der Waals surface area contributed by atoms with Crippen molar-refractivity contribution in [1.82, 2.24) is 75.3 Å². The lowest BCUT2D eigenvalue weighted by molar-refractivity contribution is -0.140. The van der Waals surface area contributed by atoms with E-state index in [9.17, 15) is 72.7 Å².